The zero-order valence-electron chi connectivity index (χ0n) is 16.9. The lowest BCUT2D eigenvalue weighted by molar-refractivity contribution is -0.124. The molecule has 1 aliphatic heterocycles. The van der Waals surface area contributed by atoms with Gasteiger partial charge in [-0.3, -0.25) is 4.79 Å². The molecule has 4 rings (SSSR count). The molecule has 1 heterocycles. The van der Waals surface area contributed by atoms with Gasteiger partial charge in [-0.25, -0.2) is 0 Å². The van der Waals surface area contributed by atoms with Gasteiger partial charge in [-0.05, 0) is 42.2 Å². The van der Waals surface area contributed by atoms with E-state index in [0.717, 1.165) is 22.7 Å². The molecule has 2 aliphatic rings. The van der Waals surface area contributed by atoms with Gasteiger partial charge in [-0.2, -0.15) is 5.26 Å². The lowest BCUT2D eigenvalue weighted by Crippen LogP contribution is -2.41. The predicted molar refractivity (Wildman–Crippen MR) is 112 cm³/mol. The molecule has 2 atom stereocenters. The summed E-state index contributed by atoms with van der Waals surface area (Å²) in [6, 6.07) is 19.6. The zero-order valence-corrected chi connectivity index (χ0v) is 16.9. The summed E-state index contributed by atoms with van der Waals surface area (Å²) in [4.78, 5) is 13.1. The maximum Gasteiger partial charge on any atom is 0.143 e. The highest BCUT2D eigenvalue weighted by atomic mass is 16.5. The first-order valence-electron chi connectivity index (χ1n) is 9.84. The molecule has 1 N–H and O–H groups in total. The lowest BCUT2D eigenvalue weighted by Gasteiger charge is -2.40. The van der Waals surface area contributed by atoms with Crippen molar-refractivity contribution in [3.8, 4) is 17.6 Å². The second-order valence-electron chi connectivity index (χ2n) is 8.45. The van der Waals surface area contributed by atoms with E-state index in [-0.39, 0.29) is 23.0 Å². The minimum Gasteiger partial charge on any atom is -0.457 e. The molecule has 0 aromatic heterocycles. The number of benzene rings is 2. The average Bonchev–Trinajstić information content (AvgIpc) is 2.67. The number of carbonyl (C=O) groups excluding carboxylic acids is 1. The van der Waals surface area contributed by atoms with Gasteiger partial charge in [0.2, 0.25) is 0 Å². The number of hydrogen-bond donors (Lipinski definition) is 1. The highest BCUT2D eigenvalue weighted by Crippen LogP contribution is 2.47. The molecule has 0 bridgehead atoms. The molecule has 0 spiro atoms. The quantitative estimate of drug-likeness (QED) is 0.763. The van der Waals surface area contributed by atoms with Gasteiger partial charge in [-0.1, -0.05) is 50.3 Å². The van der Waals surface area contributed by atoms with Crippen molar-refractivity contribution in [2.24, 2.45) is 11.3 Å². The van der Waals surface area contributed by atoms with Gasteiger partial charge in [-0.15, -0.1) is 0 Å². The van der Waals surface area contributed by atoms with E-state index < -0.39 is 0 Å². The highest BCUT2D eigenvalue weighted by molar-refractivity contribution is 5.88. The number of ketones is 1. The SMILES string of the molecule is CC1=C(C#N)C(c2cccc(Oc3ccccc3)c2)C2C(=O)CC(C)(C)C=C2N1. The number of rotatable bonds is 3. The summed E-state index contributed by atoms with van der Waals surface area (Å²) in [6.07, 6.45) is 2.62. The molecule has 4 heteroatoms. The Bertz CT molecular complexity index is 1060. The summed E-state index contributed by atoms with van der Waals surface area (Å²) in [5.74, 6) is 0.929. The first kappa shape index (κ1) is 19.0. The third kappa shape index (κ3) is 3.69. The van der Waals surface area contributed by atoms with Crippen molar-refractivity contribution in [1.82, 2.24) is 5.32 Å². The van der Waals surface area contributed by atoms with Crippen molar-refractivity contribution in [2.45, 2.75) is 33.1 Å². The van der Waals surface area contributed by atoms with Crippen LogP contribution in [-0.4, -0.2) is 5.78 Å². The van der Waals surface area contributed by atoms with E-state index >= 15 is 0 Å². The highest BCUT2D eigenvalue weighted by Gasteiger charge is 2.44. The average molecular weight is 384 g/mol. The van der Waals surface area contributed by atoms with Crippen molar-refractivity contribution in [3.05, 3.63) is 83.2 Å². The van der Waals surface area contributed by atoms with Gasteiger partial charge in [0.1, 0.15) is 17.3 Å². The monoisotopic (exact) mass is 384 g/mol. The van der Waals surface area contributed by atoms with Crippen LogP contribution in [0.1, 0.15) is 38.7 Å². The van der Waals surface area contributed by atoms with Crippen molar-refractivity contribution in [3.63, 3.8) is 0 Å². The molecule has 0 saturated heterocycles. The number of nitrogens with one attached hydrogen (secondary N) is 1. The number of ether oxygens (including phenoxy) is 1. The fraction of sp³-hybridized carbons (Fsp3) is 0.280. The van der Waals surface area contributed by atoms with E-state index in [2.05, 4.69) is 31.3 Å². The molecule has 4 nitrogen and oxygen atoms in total. The summed E-state index contributed by atoms with van der Waals surface area (Å²) in [7, 11) is 0. The Kier molecular flexibility index (Phi) is 4.76. The number of Topliss-reactive ketones (excluding diaryl/α,β-unsaturated/α-hetero) is 1. The van der Waals surface area contributed by atoms with Crippen LogP contribution in [-0.2, 0) is 4.79 Å². The van der Waals surface area contributed by atoms with E-state index in [1.807, 2.05) is 61.5 Å². The smallest absolute Gasteiger partial charge is 0.143 e. The first-order chi connectivity index (χ1) is 13.9. The fourth-order valence-electron chi connectivity index (χ4n) is 4.37. The predicted octanol–water partition coefficient (Wildman–Crippen LogP) is 5.46. The zero-order chi connectivity index (χ0) is 20.6. The van der Waals surface area contributed by atoms with Crippen LogP contribution in [0.3, 0.4) is 0 Å². The van der Waals surface area contributed by atoms with Crippen LogP contribution in [0, 0.1) is 22.7 Å². The van der Waals surface area contributed by atoms with Crippen LogP contribution in [0.5, 0.6) is 11.5 Å². The Morgan fingerprint density at radius 2 is 1.79 bits per heavy atom. The molecule has 0 amide bonds. The van der Waals surface area contributed by atoms with Crippen molar-refractivity contribution < 1.29 is 9.53 Å². The van der Waals surface area contributed by atoms with Crippen LogP contribution in [0.15, 0.2) is 77.6 Å². The fourth-order valence-corrected chi connectivity index (χ4v) is 4.37. The Labute approximate surface area is 171 Å². The number of para-hydroxylation sites is 1. The van der Waals surface area contributed by atoms with E-state index in [4.69, 9.17) is 4.74 Å². The lowest BCUT2D eigenvalue weighted by atomic mass is 9.66. The molecule has 1 aliphatic carbocycles. The molecule has 2 aromatic rings. The van der Waals surface area contributed by atoms with Gasteiger partial charge < -0.3 is 10.1 Å². The Morgan fingerprint density at radius 3 is 2.52 bits per heavy atom. The topological polar surface area (TPSA) is 62.1 Å². The number of allylic oxidation sites excluding steroid dienone is 4. The third-order valence-electron chi connectivity index (χ3n) is 5.55. The summed E-state index contributed by atoms with van der Waals surface area (Å²) >= 11 is 0. The minimum atomic E-state index is -0.367. The van der Waals surface area contributed by atoms with Crippen LogP contribution in [0.2, 0.25) is 0 Å². The number of fused-ring (bicyclic) bond motifs is 1. The normalized spacial score (nSPS) is 22.8. The largest absolute Gasteiger partial charge is 0.457 e. The van der Waals surface area contributed by atoms with Gasteiger partial charge in [0, 0.05) is 23.7 Å². The van der Waals surface area contributed by atoms with Gasteiger partial charge in [0.25, 0.3) is 0 Å². The maximum absolute atomic E-state index is 13.1. The van der Waals surface area contributed by atoms with Crippen LogP contribution in [0.25, 0.3) is 0 Å². The van der Waals surface area contributed by atoms with Gasteiger partial charge in [0.05, 0.1) is 17.6 Å². The molecule has 2 aromatic carbocycles. The summed E-state index contributed by atoms with van der Waals surface area (Å²) in [5, 5.41) is 13.2. The van der Waals surface area contributed by atoms with Crippen molar-refractivity contribution in [1.29, 1.82) is 5.26 Å². The standard InChI is InChI=1S/C25H24N2O2/c1-16-20(15-26)23(24-21(27-16)13-25(2,3)14-22(24)28)17-8-7-11-19(12-17)29-18-9-5-4-6-10-18/h4-13,23-24,27H,14H2,1-3H3. The number of hydrogen-bond acceptors (Lipinski definition) is 4. The van der Waals surface area contributed by atoms with E-state index in [0.29, 0.717) is 17.7 Å². The molecular formula is C25H24N2O2. The van der Waals surface area contributed by atoms with Crippen LogP contribution >= 0.6 is 0 Å². The second kappa shape index (κ2) is 7.25. The molecule has 0 saturated carbocycles. The third-order valence-corrected chi connectivity index (χ3v) is 5.55. The Balaban J connectivity index is 1.78. The van der Waals surface area contributed by atoms with Crippen LogP contribution < -0.4 is 10.1 Å². The van der Waals surface area contributed by atoms with Crippen molar-refractivity contribution in [2.75, 3.05) is 0 Å². The van der Waals surface area contributed by atoms with E-state index in [1.54, 1.807) is 0 Å². The molecule has 2 unspecified atom stereocenters. The maximum atomic E-state index is 13.1. The van der Waals surface area contributed by atoms with E-state index in [1.165, 1.54) is 0 Å². The first-order valence-corrected chi connectivity index (χ1v) is 9.84. The number of carbonyl (C=O) groups is 1. The molecule has 0 fully saturated rings. The van der Waals surface area contributed by atoms with E-state index in [9.17, 15) is 10.1 Å². The minimum absolute atomic E-state index is 0.166. The number of nitriles is 1. The summed E-state index contributed by atoms with van der Waals surface area (Å²) < 4.78 is 5.99. The summed E-state index contributed by atoms with van der Waals surface area (Å²) in [6.45, 7) is 6.04. The summed E-state index contributed by atoms with van der Waals surface area (Å²) in [5.41, 5.74) is 3.04. The Morgan fingerprint density at radius 1 is 1.07 bits per heavy atom. The molecule has 29 heavy (non-hydrogen) atoms. The van der Waals surface area contributed by atoms with Gasteiger partial charge in [0.15, 0.2) is 0 Å². The van der Waals surface area contributed by atoms with Gasteiger partial charge >= 0.3 is 0 Å². The van der Waals surface area contributed by atoms with Crippen molar-refractivity contribution >= 4 is 5.78 Å². The molecule has 146 valence electrons. The second-order valence-corrected chi connectivity index (χ2v) is 8.45. The van der Waals surface area contributed by atoms with Crippen LogP contribution in [0.4, 0.5) is 0 Å². The molecular weight excluding hydrogens is 360 g/mol. The molecule has 0 radical (unpaired) electrons. The Hall–Kier alpha value is -3.32. The number of nitrogens with zero attached hydrogens (tertiary/aromatic N) is 1.